The van der Waals surface area contributed by atoms with Crippen LogP contribution in [0.4, 0.5) is 0 Å². The molecule has 2 rings (SSSR count). The number of imidazole rings is 1. The van der Waals surface area contributed by atoms with E-state index in [1.807, 2.05) is 32.3 Å². The number of hydrogen-bond acceptors (Lipinski definition) is 4. The van der Waals surface area contributed by atoms with Gasteiger partial charge in [0, 0.05) is 36.7 Å². The molecule has 2 aromatic rings. The molecule has 5 nitrogen and oxygen atoms in total. The molecule has 0 saturated carbocycles. The van der Waals surface area contributed by atoms with Gasteiger partial charge in [-0.05, 0) is 32.4 Å². The van der Waals surface area contributed by atoms with Crippen molar-refractivity contribution in [2.75, 3.05) is 0 Å². The molecule has 5 heteroatoms. The van der Waals surface area contributed by atoms with Crippen LogP contribution >= 0.6 is 0 Å². The summed E-state index contributed by atoms with van der Waals surface area (Å²) in [6, 6.07) is 4.13. The van der Waals surface area contributed by atoms with Gasteiger partial charge >= 0.3 is 0 Å². The number of aryl methyl sites for hydroxylation is 3. The van der Waals surface area contributed by atoms with E-state index < -0.39 is 0 Å². The van der Waals surface area contributed by atoms with Crippen molar-refractivity contribution in [2.45, 2.75) is 39.8 Å². The summed E-state index contributed by atoms with van der Waals surface area (Å²) in [7, 11) is 0. The van der Waals surface area contributed by atoms with Gasteiger partial charge in [0.15, 0.2) is 0 Å². The van der Waals surface area contributed by atoms with Crippen LogP contribution in [0.3, 0.4) is 0 Å². The Bertz CT molecular complexity index is 547. The molecular weight excluding hydrogens is 238 g/mol. The summed E-state index contributed by atoms with van der Waals surface area (Å²) in [5.41, 5.74) is 6.03. The lowest BCUT2D eigenvalue weighted by Crippen LogP contribution is -2.31. The van der Waals surface area contributed by atoms with Crippen LogP contribution in [0.2, 0.25) is 0 Å². The van der Waals surface area contributed by atoms with E-state index in [1.165, 1.54) is 0 Å². The van der Waals surface area contributed by atoms with Crippen LogP contribution in [0.25, 0.3) is 0 Å². The van der Waals surface area contributed by atoms with E-state index in [2.05, 4.69) is 33.0 Å². The van der Waals surface area contributed by atoms with Crippen molar-refractivity contribution in [3.63, 3.8) is 0 Å². The van der Waals surface area contributed by atoms with E-state index in [0.717, 1.165) is 35.7 Å². The van der Waals surface area contributed by atoms with Gasteiger partial charge in [-0.2, -0.15) is 0 Å². The van der Waals surface area contributed by atoms with Crippen molar-refractivity contribution < 1.29 is 0 Å². The number of nitrogens with zero attached hydrogens (tertiary/aromatic N) is 3. The molecule has 0 saturated heterocycles. The first-order chi connectivity index (χ1) is 9.15. The number of rotatable bonds is 5. The number of nitrogens with one attached hydrogen (secondary N) is 1. The van der Waals surface area contributed by atoms with Crippen molar-refractivity contribution in [1.82, 2.24) is 20.0 Å². The third-order valence-electron chi connectivity index (χ3n) is 3.37. The fourth-order valence-electron chi connectivity index (χ4n) is 2.32. The van der Waals surface area contributed by atoms with Gasteiger partial charge in [0.05, 0.1) is 6.04 Å². The molecule has 0 aliphatic heterocycles. The maximum Gasteiger partial charge on any atom is 0.110 e. The summed E-state index contributed by atoms with van der Waals surface area (Å²) in [5.74, 6) is 6.74. The molecule has 1 unspecified atom stereocenters. The highest BCUT2D eigenvalue weighted by Gasteiger charge is 2.16. The van der Waals surface area contributed by atoms with Crippen LogP contribution in [0.1, 0.15) is 35.7 Å². The van der Waals surface area contributed by atoms with Crippen LogP contribution in [-0.2, 0) is 13.0 Å². The van der Waals surface area contributed by atoms with E-state index in [-0.39, 0.29) is 6.04 Å². The maximum atomic E-state index is 5.71. The second kappa shape index (κ2) is 5.95. The van der Waals surface area contributed by atoms with Gasteiger partial charge < -0.3 is 4.57 Å². The van der Waals surface area contributed by atoms with Crippen LogP contribution in [0, 0.1) is 13.8 Å². The lowest BCUT2D eigenvalue weighted by molar-refractivity contribution is 0.519. The average molecular weight is 259 g/mol. The molecule has 0 aliphatic rings. The summed E-state index contributed by atoms with van der Waals surface area (Å²) >= 11 is 0. The van der Waals surface area contributed by atoms with Crippen LogP contribution < -0.4 is 11.3 Å². The molecule has 2 aromatic heterocycles. The predicted octanol–water partition coefficient (Wildman–Crippen LogP) is 1.66. The van der Waals surface area contributed by atoms with Crippen molar-refractivity contribution in [3.8, 4) is 0 Å². The zero-order valence-corrected chi connectivity index (χ0v) is 11.7. The van der Waals surface area contributed by atoms with E-state index in [4.69, 9.17) is 5.84 Å². The topological polar surface area (TPSA) is 68.8 Å². The van der Waals surface area contributed by atoms with Crippen LogP contribution in [-0.4, -0.2) is 14.5 Å². The highest BCUT2D eigenvalue weighted by atomic mass is 15.2. The van der Waals surface area contributed by atoms with Crippen molar-refractivity contribution >= 4 is 0 Å². The molecule has 19 heavy (non-hydrogen) atoms. The molecule has 0 aliphatic carbocycles. The smallest absolute Gasteiger partial charge is 0.110 e. The second-order valence-corrected chi connectivity index (χ2v) is 4.68. The number of nitrogens with two attached hydrogens (primary N) is 1. The molecule has 0 amide bonds. The molecular formula is C14H21N5. The Morgan fingerprint density at radius 1 is 1.37 bits per heavy atom. The second-order valence-electron chi connectivity index (χ2n) is 4.68. The zero-order valence-electron chi connectivity index (χ0n) is 11.7. The van der Waals surface area contributed by atoms with Crippen molar-refractivity contribution in [3.05, 3.63) is 47.3 Å². The Morgan fingerprint density at radius 3 is 2.79 bits per heavy atom. The Hall–Kier alpha value is -1.72. The maximum absolute atomic E-state index is 5.71. The third kappa shape index (κ3) is 3.00. The first kappa shape index (κ1) is 13.7. The average Bonchev–Trinajstić information content (AvgIpc) is 2.84. The zero-order chi connectivity index (χ0) is 13.8. The quantitative estimate of drug-likeness (QED) is 0.633. The van der Waals surface area contributed by atoms with Gasteiger partial charge in [0.2, 0.25) is 0 Å². The highest BCUT2D eigenvalue weighted by Crippen LogP contribution is 2.20. The fourth-order valence-corrected chi connectivity index (χ4v) is 2.32. The molecule has 1 atom stereocenters. The molecule has 3 N–H and O–H groups in total. The summed E-state index contributed by atoms with van der Waals surface area (Å²) < 4.78 is 2.13. The van der Waals surface area contributed by atoms with Gasteiger partial charge in [0.1, 0.15) is 5.82 Å². The lowest BCUT2D eigenvalue weighted by atomic mass is 10.0. The standard InChI is InChI=1S/C14H21N5/c1-4-19-8-7-16-14(19)9-13(18-15)12-6-5-10(2)17-11(12)3/h5-8,13,18H,4,9,15H2,1-3H3. The molecule has 102 valence electrons. The Morgan fingerprint density at radius 2 is 2.16 bits per heavy atom. The largest absolute Gasteiger partial charge is 0.335 e. The van der Waals surface area contributed by atoms with E-state index >= 15 is 0 Å². The van der Waals surface area contributed by atoms with Crippen LogP contribution in [0.15, 0.2) is 24.5 Å². The van der Waals surface area contributed by atoms with E-state index in [9.17, 15) is 0 Å². The fraction of sp³-hybridized carbons (Fsp3) is 0.429. The minimum Gasteiger partial charge on any atom is -0.335 e. The first-order valence-electron chi connectivity index (χ1n) is 6.56. The number of pyridine rings is 1. The van der Waals surface area contributed by atoms with Crippen LogP contribution in [0.5, 0.6) is 0 Å². The summed E-state index contributed by atoms with van der Waals surface area (Å²) in [5, 5.41) is 0. The van der Waals surface area contributed by atoms with Gasteiger partial charge in [-0.15, -0.1) is 0 Å². The lowest BCUT2D eigenvalue weighted by Gasteiger charge is -2.18. The number of hydrogen-bond donors (Lipinski definition) is 2. The summed E-state index contributed by atoms with van der Waals surface area (Å²) in [4.78, 5) is 8.89. The number of hydrazine groups is 1. The minimum absolute atomic E-state index is 0.0285. The molecule has 0 aromatic carbocycles. The van der Waals surface area contributed by atoms with Crippen molar-refractivity contribution in [2.24, 2.45) is 5.84 Å². The third-order valence-corrected chi connectivity index (χ3v) is 3.37. The predicted molar refractivity (Wildman–Crippen MR) is 75.4 cm³/mol. The van der Waals surface area contributed by atoms with Gasteiger partial charge in [-0.25, -0.2) is 4.98 Å². The molecule has 0 fully saturated rings. The monoisotopic (exact) mass is 259 g/mol. The van der Waals surface area contributed by atoms with E-state index in [0.29, 0.717) is 0 Å². The summed E-state index contributed by atoms with van der Waals surface area (Å²) in [6.45, 7) is 7.02. The highest BCUT2D eigenvalue weighted by molar-refractivity contribution is 5.26. The summed E-state index contributed by atoms with van der Waals surface area (Å²) in [6.07, 6.45) is 4.57. The normalized spacial score (nSPS) is 12.6. The Labute approximate surface area is 113 Å². The minimum atomic E-state index is 0.0285. The van der Waals surface area contributed by atoms with Gasteiger partial charge in [-0.3, -0.25) is 16.3 Å². The molecule has 0 radical (unpaired) electrons. The SMILES string of the molecule is CCn1ccnc1CC(NN)c1ccc(C)nc1C. The Balaban J connectivity index is 2.25. The first-order valence-corrected chi connectivity index (χ1v) is 6.56. The van der Waals surface area contributed by atoms with Crippen molar-refractivity contribution in [1.29, 1.82) is 0 Å². The molecule has 0 spiro atoms. The van der Waals surface area contributed by atoms with E-state index in [1.54, 1.807) is 0 Å². The molecule has 0 bridgehead atoms. The van der Waals surface area contributed by atoms with Gasteiger partial charge in [0.25, 0.3) is 0 Å². The molecule has 2 heterocycles. The van der Waals surface area contributed by atoms with Gasteiger partial charge in [-0.1, -0.05) is 6.07 Å². The Kier molecular flexibility index (Phi) is 4.29. The number of aromatic nitrogens is 3.